The average Bonchev–Trinajstić information content (AvgIpc) is 2.63. The molecule has 2 aliphatic rings. The van der Waals surface area contributed by atoms with Crippen molar-refractivity contribution in [3.05, 3.63) is 0 Å². The third-order valence-corrected chi connectivity index (χ3v) is 3.78. The number of nitrogens with two attached hydrogens (primary N) is 1. The van der Waals surface area contributed by atoms with Crippen LogP contribution in [0.3, 0.4) is 0 Å². The molecule has 0 aromatic rings. The normalized spacial score (nSPS) is 39.7. The summed E-state index contributed by atoms with van der Waals surface area (Å²) in [6.07, 6.45) is 4.79. The summed E-state index contributed by atoms with van der Waals surface area (Å²) in [4.78, 5) is 2.56. The van der Waals surface area contributed by atoms with Gasteiger partial charge in [-0.2, -0.15) is 0 Å². The van der Waals surface area contributed by atoms with Crippen molar-refractivity contribution in [3.8, 4) is 0 Å². The van der Waals surface area contributed by atoms with E-state index >= 15 is 0 Å². The van der Waals surface area contributed by atoms with Gasteiger partial charge in [0, 0.05) is 19.2 Å². The number of hydrogen-bond acceptors (Lipinski definition) is 3. The molecule has 2 saturated heterocycles. The Bertz CT molecular complexity index is 172. The highest BCUT2D eigenvalue weighted by atomic mass is 16.3. The fraction of sp³-hybridized carbons (Fsp3) is 1.00. The van der Waals surface area contributed by atoms with Gasteiger partial charge in [-0.1, -0.05) is 0 Å². The van der Waals surface area contributed by atoms with Crippen LogP contribution in [-0.4, -0.2) is 42.3 Å². The lowest BCUT2D eigenvalue weighted by molar-refractivity contribution is 0.185. The summed E-state index contributed by atoms with van der Waals surface area (Å²) >= 11 is 0. The molecule has 2 unspecified atom stereocenters. The van der Waals surface area contributed by atoms with Crippen LogP contribution in [0.2, 0.25) is 0 Å². The molecule has 0 aliphatic carbocycles. The molecule has 3 nitrogen and oxygen atoms in total. The topological polar surface area (TPSA) is 49.5 Å². The second-order valence-corrected chi connectivity index (χ2v) is 4.65. The smallest absolute Gasteiger partial charge is 0.0437 e. The van der Waals surface area contributed by atoms with Crippen molar-refractivity contribution >= 4 is 0 Å². The van der Waals surface area contributed by atoms with E-state index in [1.807, 2.05) is 0 Å². The molecule has 2 heterocycles. The first kappa shape index (κ1) is 9.44. The van der Waals surface area contributed by atoms with Crippen molar-refractivity contribution in [1.82, 2.24) is 4.90 Å². The second kappa shape index (κ2) is 3.56. The highest BCUT2D eigenvalue weighted by Gasteiger charge is 2.44. The summed E-state index contributed by atoms with van der Waals surface area (Å²) in [5.41, 5.74) is 6.06. The fourth-order valence-electron chi connectivity index (χ4n) is 3.00. The molecule has 0 aromatic heterocycles. The van der Waals surface area contributed by atoms with Gasteiger partial charge in [-0.25, -0.2) is 0 Å². The van der Waals surface area contributed by atoms with Gasteiger partial charge < -0.3 is 10.8 Å². The molecule has 13 heavy (non-hydrogen) atoms. The fourth-order valence-corrected chi connectivity index (χ4v) is 3.00. The molecule has 2 fully saturated rings. The zero-order chi connectivity index (χ0) is 9.31. The van der Waals surface area contributed by atoms with Crippen LogP contribution >= 0.6 is 0 Å². The van der Waals surface area contributed by atoms with Gasteiger partial charge in [-0.05, 0) is 44.2 Å². The quantitative estimate of drug-likeness (QED) is 0.658. The van der Waals surface area contributed by atoms with Crippen LogP contribution in [0.4, 0.5) is 0 Å². The van der Waals surface area contributed by atoms with E-state index in [1.165, 1.54) is 25.8 Å². The number of aliphatic hydroxyl groups is 1. The van der Waals surface area contributed by atoms with E-state index in [-0.39, 0.29) is 12.0 Å². The van der Waals surface area contributed by atoms with Crippen molar-refractivity contribution in [1.29, 1.82) is 0 Å². The number of aliphatic hydroxyl groups excluding tert-OH is 1. The van der Waals surface area contributed by atoms with E-state index < -0.39 is 0 Å². The minimum absolute atomic E-state index is 0.236. The second-order valence-electron chi connectivity index (χ2n) is 4.65. The molecule has 0 bridgehead atoms. The SMILES string of the molecule is NCC1(CCO)CC2CCCN2C1. The standard InChI is InChI=1S/C10H20N2O/c11-7-10(3-5-13)6-9-2-1-4-12(9)8-10/h9,13H,1-8,11H2. The highest BCUT2D eigenvalue weighted by molar-refractivity contribution is 4.98. The Morgan fingerprint density at radius 2 is 2.38 bits per heavy atom. The summed E-state index contributed by atoms with van der Waals surface area (Å²) in [5, 5.41) is 9.01. The van der Waals surface area contributed by atoms with E-state index in [0.29, 0.717) is 0 Å². The van der Waals surface area contributed by atoms with Crippen LogP contribution in [0.5, 0.6) is 0 Å². The number of rotatable bonds is 3. The first-order valence-electron chi connectivity index (χ1n) is 5.35. The van der Waals surface area contributed by atoms with Crippen LogP contribution < -0.4 is 5.73 Å². The van der Waals surface area contributed by atoms with Crippen LogP contribution in [0.25, 0.3) is 0 Å². The summed E-state index contributed by atoms with van der Waals surface area (Å²) < 4.78 is 0. The van der Waals surface area contributed by atoms with E-state index in [1.54, 1.807) is 0 Å². The van der Waals surface area contributed by atoms with Crippen LogP contribution in [0.1, 0.15) is 25.7 Å². The Balaban J connectivity index is 2.01. The first-order chi connectivity index (χ1) is 6.29. The lowest BCUT2D eigenvalue weighted by atomic mass is 9.82. The predicted octanol–water partition coefficient (Wildman–Crippen LogP) is 0.182. The number of nitrogens with zero attached hydrogens (tertiary/aromatic N) is 1. The van der Waals surface area contributed by atoms with Gasteiger partial charge in [0.1, 0.15) is 0 Å². The molecule has 2 aliphatic heterocycles. The average molecular weight is 184 g/mol. The van der Waals surface area contributed by atoms with Crippen molar-refractivity contribution in [3.63, 3.8) is 0 Å². The Labute approximate surface area is 79.9 Å². The molecule has 0 spiro atoms. The van der Waals surface area contributed by atoms with Gasteiger partial charge in [0.15, 0.2) is 0 Å². The lowest BCUT2D eigenvalue weighted by Gasteiger charge is -2.26. The lowest BCUT2D eigenvalue weighted by Crippen LogP contribution is -2.35. The molecule has 2 rings (SSSR count). The largest absolute Gasteiger partial charge is 0.396 e. The van der Waals surface area contributed by atoms with Crippen molar-refractivity contribution < 1.29 is 5.11 Å². The third-order valence-electron chi connectivity index (χ3n) is 3.78. The molecule has 2 atom stereocenters. The van der Waals surface area contributed by atoms with Gasteiger partial charge in [0.2, 0.25) is 0 Å². The molecule has 3 N–H and O–H groups in total. The summed E-state index contributed by atoms with van der Waals surface area (Å²) in [6.45, 7) is 3.39. The molecular weight excluding hydrogens is 164 g/mol. The van der Waals surface area contributed by atoms with Crippen molar-refractivity contribution in [2.45, 2.75) is 31.7 Å². The summed E-state index contributed by atoms with van der Waals surface area (Å²) in [7, 11) is 0. The Hall–Kier alpha value is -0.120. The Morgan fingerprint density at radius 1 is 1.54 bits per heavy atom. The third kappa shape index (κ3) is 1.60. The van der Waals surface area contributed by atoms with E-state index in [2.05, 4.69) is 4.90 Å². The molecule has 3 heteroatoms. The molecule has 76 valence electrons. The maximum Gasteiger partial charge on any atom is 0.0437 e. The maximum atomic E-state index is 9.01. The van der Waals surface area contributed by atoms with Crippen LogP contribution in [-0.2, 0) is 0 Å². The molecular formula is C10H20N2O. The van der Waals surface area contributed by atoms with Crippen LogP contribution in [0.15, 0.2) is 0 Å². The minimum Gasteiger partial charge on any atom is -0.396 e. The van der Waals surface area contributed by atoms with Crippen LogP contribution in [0, 0.1) is 5.41 Å². The molecule has 0 saturated carbocycles. The van der Waals surface area contributed by atoms with Gasteiger partial charge in [0.25, 0.3) is 0 Å². The van der Waals surface area contributed by atoms with Crippen molar-refractivity contribution in [2.75, 3.05) is 26.2 Å². The Morgan fingerprint density at radius 3 is 3.00 bits per heavy atom. The van der Waals surface area contributed by atoms with Gasteiger partial charge >= 0.3 is 0 Å². The summed E-state index contributed by atoms with van der Waals surface area (Å²) in [5.74, 6) is 0. The maximum absolute atomic E-state index is 9.01. The zero-order valence-electron chi connectivity index (χ0n) is 8.21. The van der Waals surface area contributed by atoms with Gasteiger partial charge in [-0.15, -0.1) is 0 Å². The van der Waals surface area contributed by atoms with Gasteiger partial charge in [-0.3, -0.25) is 4.90 Å². The van der Waals surface area contributed by atoms with Crippen molar-refractivity contribution in [2.24, 2.45) is 11.1 Å². The molecule has 0 amide bonds. The Kier molecular flexibility index (Phi) is 2.58. The number of fused-ring (bicyclic) bond motifs is 1. The first-order valence-corrected chi connectivity index (χ1v) is 5.35. The van der Waals surface area contributed by atoms with E-state index in [9.17, 15) is 0 Å². The summed E-state index contributed by atoms with van der Waals surface area (Å²) in [6, 6.07) is 0.773. The zero-order valence-corrected chi connectivity index (χ0v) is 8.21. The molecule has 0 radical (unpaired) electrons. The minimum atomic E-state index is 0.236. The highest BCUT2D eigenvalue weighted by Crippen LogP contribution is 2.41. The monoisotopic (exact) mass is 184 g/mol. The van der Waals surface area contributed by atoms with E-state index in [4.69, 9.17) is 10.8 Å². The predicted molar refractivity (Wildman–Crippen MR) is 52.4 cm³/mol. The van der Waals surface area contributed by atoms with E-state index in [0.717, 1.165) is 25.6 Å². The van der Waals surface area contributed by atoms with Gasteiger partial charge in [0.05, 0.1) is 0 Å². The number of hydrogen-bond donors (Lipinski definition) is 2. The molecule has 0 aromatic carbocycles.